The smallest absolute Gasteiger partial charge is 0.335 e. The van der Waals surface area contributed by atoms with Gasteiger partial charge in [0.05, 0.1) is 5.56 Å². The van der Waals surface area contributed by atoms with Gasteiger partial charge in [-0.1, -0.05) is 4.49 Å². The lowest BCUT2D eigenvalue weighted by atomic mass is 10.2. The Labute approximate surface area is 98.7 Å². The molecule has 0 aliphatic carbocycles. The second-order valence-electron chi connectivity index (χ2n) is 3.30. The largest absolute Gasteiger partial charge is 0.478 e. The maximum absolute atomic E-state index is 10.8. The van der Waals surface area contributed by atoms with Gasteiger partial charge in [0, 0.05) is 5.38 Å². The van der Waals surface area contributed by atoms with Crippen molar-refractivity contribution >= 4 is 28.6 Å². The van der Waals surface area contributed by atoms with Crippen molar-refractivity contribution in [2.75, 3.05) is 0 Å². The summed E-state index contributed by atoms with van der Waals surface area (Å²) in [5.41, 5.74) is 1.73. The molecule has 0 fully saturated rings. The molecule has 17 heavy (non-hydrogen) atoms. The molecule has 0 saturated heterocycles. The highest BCUT2D eigenvalue weighted by molar-refractivity contribution is 7.03. The van der Waals surface area contributed by atoms with Crippen LogP contribution in [-0.4, -0.2) is 25.6 Å². The van der Waals surface area contributed by atoms with E-state index in [9.17, 15) is 4.79 Å². The van der Waals surface area contributed by atoms with Gasteiger partial charge in [0.15, 0.2) is 11.3 Å². The number of rotatable bonds is 2. The minimum atomic E-state index is -1.000. The fourth-order valence-electron chi connectivity index (χ4n) is 1.43. The van der Waals surface area contributed by atoms with Gasteiger partial charge in [-0.15, -0.1) is 5.10 Å². The zero-order valence-electron chi connectivity index (χ0n) is 8.32. The summed E-state index contributed by atoms with van der Waals surface area (Å²) in [5, 5.41) is 14.4. The van der Waals surface area contributed by atoms with Crippen LogP contribution >= 0.6 is 11.5 Å². The summed E-state index contributed by atoms with van der Waals surface area (Å²) in [4.78, 5) is 15.0. The fraction of sp³-hybridized carbons (Fsp3) is 0. The number of aromatic carboxylic acids is 1. The number of aromatic nitrogens is 3. The highest BCUT2D eigenvalue weighted by Gasteiger charge is 2.12. The standard InChI is InChI=1S/C10H5N3O3S/c14-10(15)5-1-2-6-8(3-5)16-9(11-6)7-4-17-13-12-7/h1-4H,(H,14,15). The van der Waals surface area contributed by atoms with Crippen LogP contribution in [0.25, 0.3) is 22.7 Å². The van der Waals surface area contributed by atoms with Gasteiger partial charge < -0.3 is 9.52 Å². The normalized spacial score (nSPS) is 10.8. The molecule has 3 aromatic rings. The number of benzene rings is 1. The average molecular weight is 247 g/mol. The number of nitrogens with zero attached hydrogens (tertiary/aromatic N) is 3. The number of hydrogen-bond donors (Lipinski definition) is 1. The maximum atomic E-state index is 10.8. The third-order valence-electron chi connectivity index (χ3n) is 2.21. The molecule has 0 spiro atoms. The minimum absolute atomic E-state index is 0.164. The Balaban J connectivity index is 2.16. The number of fused-ring (bicyclic) bond motifs is 1. The van der Waals surface area contributed by atoms with Crippen LogP contribution in [0, 0.1) is 0 Å². The summed E-state index contributed by atoms with van der Waals surface area (Å²) < 4.78 is 9.15. The molecule has 0 aliphatic rings. The zero-order valence-corrected chi connectivity index (χ0v) is 9.14. The molecule has 0 radical (unpaired) electrons. The summed E-state index contributed by atoms with van der Waals surface area (Å²) in [6.07, 6.45) is 0. The van der Waals surface area contributed by atoms with Gasteiger partial charge in [0.1, 0.15) is 5.52 Å². The second-order valence-corrected chi connectivity index (χ2v) is 3.91. The summed E-state index contributed by atoms with van der Waals surface area (Å²) in [6.45, 7) is 0. The van der Waals surface area contributed by atoms with Crippen molar-refractivity contribution in [1.82, 2.24) is 14.6 Å². The van der Waals surface area contributed by atoms with Crippen molar-refractivity contribution in [2.24, 2.45) is 0 Å². The van der Waals surface area contributed by atoms with Crippen molar-refractivity contribution in [2.45, 2.75) is 0 Å². The second kappa shape index (κ2) is 3.63. The number of oxazole rings is 1. The van der Waals surface area contributed by atoms with E-state index >= 15 is 0 Å². The lowest BCUT2D eigenvalue weighted by Gasteiger charge is -1.91. The maximum Gasteiger partial charge on any atom is 0.335 e. The van der Waals surface area contributed by atoms with Crippen LogP contribution in [0.4, 0.5) is 0 Å². The quantitative estimate of drug-likeness (QED) is 0.745. The van der Waals surface area contributed by atoms with Crippen LogP contribution in [-0.2, 0) is 0 Å². The van der Waals surface area contributed by atoms with E-state index < -0.39 is 5.97 Å². The summed E-state index contributed by atoms with van der Waals surface area (Å²) in [7, 11) is 0. The molecular weight excluding hydrogens is 242 g/mol. The molecule has 0 saturated carbocycles. The monoisotopic (exact) mass is 247 g/mol. The van der Waals surface area contributed by atoms with Gasteiger partial charge in [-0.05, 0) is 29.7 Å². The Morgan fingerprint density at radius 1 is 1.41 bits per heavy atom. The summed E-state index contributed by atoms with van der Waals surface area (Å²) >= 11 is 1.20. The predicted molar refractivity (Wildman–Crippen MR) is 59.9 cm³/mol. The van der Waals surface area contributed by atoms with Crippen LogP contribution in [0.5, 0.6) is 0 Å². The number of carboxylic acids is 1. The zero-order chi connectivity index (χ0) is 11.8. The van der Waals surface area contributed by atoms with Crippen molar-refractivity contribution in [1.29, 1.82) is 0 Å². The molecule has 0 bridgehead atoms. The molecule has 0 unspecified atom stereocenters. The van der Waals surface area contributed by atoms with Crippen molar-refractivity contribution in [3.8, 4) is 11.6 Å². The first kappa shape index (κ1) is 9.91. The Morgan fingerprint density at radius 2 is 2.29 bits per heavy atom. The van der Waals surface area contributed by atoms with Crippen LogP contribution in [0.3, 0.4) is 0 Å². The number of hydrogen-bond acceptors (Lipinski definition) is 6. The summed E-state index contributed by atoms with van der Waals surface area (Å²) in [6, 6.07) is 4.52. The topological polar surface area (TPSA) is 89.1 Å². The first-order valence-electron chi connectivity index (χ1n) is 4.65. The van der Waals surface area contributed by atoms with Gasteiger partial charge >= 0.3 is 5.97 Å². The van der Waals surface area contributed by atoms with Crippen molar-refractivity contribution < 1.29 is 14.3 Å². The fourth-order valence-corrected chi connectivity index (χ4v) is 1.86. The SMILES string of the molecule is O=C(O)c1ccc2nc(-c3csnn3)oc2c1. The van der Waals surface area contributed by atoms with E-state index in [0.29, 0.717) is 22.7 Å². The molecule has 3 rings (SSSR count). The molecule has 2 aromatic heterocycles. The molecule has 1 N–H and O–H groups in total. The number of carbonyl (C=O) groups is 1. The molecule has 2 heterocycles. The van der Waals surface area contributed by atoms with E-state index in [-0.39, 0.29) is 5.56 Å². The molecule has 0 amide bonds. The van der Waals surface area contributed by atoms with E-state index in [1.165, 1.54) is 23.7 Å². The van der Waals surface area contributed by atoms with Gasteiger partial charge in [-0.25, -0.2) is 9.78 Å². The Hall–Kier alpha value is -2.28. The van der Waals surface area contributed by atoms with Crippen molar-refractivity contribution in [3.05, 3.63) is 29.1 Å². The molecule has 0 atom stereocenters. The van der Waals surface area contributed by atoms with Crippen LogP contribution in [0.2, 0.25) is 0 Å². The van der Waals surface area contributed by atoms with E-state index in [2.05, 4.69) is 14.6 Å². The average Bonchev–Trinajstić information content (AvgIpc) is 2.96. The molecule has 7 heteroatoms. The minimum Gasteiger partial charge on any atom is -0.478 e. The Morgan fingerprint density at radius 3 is 3.00 bits per heavy atom. The highest BCUT2D eigenvalue weighted by Crippen LogP contribution is 2.23. The number of carboxylic acid groups (broad SMARTS) is 1. The highest BCUT2D eigenvalue weighted by atomic mass is 32.1. The molecule has 1 aromatic carbocycles. The van der Waals surface area contributed by atoms with Crippen LogP contribution in [0.1, 0.15) is 10.4 Å². The Kier molecular flexibility index (Phi) is 2.12. The van der Waals surface area contributed by atoms with E-state index in [0.717, 1.165) is 0 Å². The third kappa shape index (κ3) is 1.66. The van der Waals surface area contributed by atoms with Crippen molar-refractivity contribution in [3.63, 3.8) is 0 Å². The van der Waals surface area contributed by atoms with E-state index in [1.807, 2.05) is 0 Å². The molecule has 84 valence electrons. The first-order valence-corrected chi connectivity index (χ1v) is 5.49. The van der Waals surface area contributed by atoms with E-state index in [4.69, 9.17) is 9.52 Å². The summed E-state index contributed by atoms with van der Waals surface area (Å²) in [5.74, 6) is -0.656. The van der Waals surface area contributed by atoms with Gasteiger partial charge in [0.25, 0.3) is 0 Å². The lowest BCUT2D eigenvalue weighted by molar-refractivity contribution is 0.0697. The molecule has 0 aliphatic heterocycles. The Bertz CT molecular complexity index is 690. The third-order valence-corrected chi connectivity index (χ3v) is 2.72. The molecule has 6 nitrogen and oxygen atoms in total. The van der Waals surface area contributed by atoms with Gasteiger partial charge in [-0.3, -0.25) is 0 Å². The van der Waals surface area contributed by atoms with Crippen LogP contribution < -0.4 is 0 Å². The lowest BCUT2D eigenvalue weighted by Crippen LogP contribution is -1.94. The van der Waals surface area contributed by atoms with E-state index in [1.54, 1.807) is 11.4 Å². The van der Waals surface area contributed by atoms with Gasteiger partial charge in [-0.2, -0.15) is 0 Å². The van der Waals surface area contributed by atoms with Gasteiger partial charge in [0.2, 0.25) is 5.89 Å². The van der Waals surface area contributed by atoms with Crippen LogP contribution in [0.15, 0.2) is 28.0 Å². The molecular formula is C10H5N3O3S. The predicted octanol–water partition coefficient (Wildman–Crippen LogP) is 2.04. The first-order chi connectivity index (χ1) is 8.24.